The zero-order valence-corrected chi connectivity index (χ0v) is 20.3. The summed E-state index contributed by atoms with van der Waals surface area (Å²) in [4.78, 5) is 27.7. The Morgan fingerprint density at radius 1 is 1.03 bits per heavy atom. The van der Waals surface area contributed by atoms with Crippen molar-refractivity contribution in [2.75, 3.05) is 11.1 Å². The van der Waals surface area contributed by atoms with Crippen LogP contribution >= 0.6 is 11.3 Å². The van der Waals surface area contributed by atoms with E-state index in [-0.39, 0.29) is 18.3 Å². The Hall–Kier alpha value is -4.37. The largest absolute Gasteiger partial charge is 0.383 e. The van der Waals surface area contributed by atoms with E-state index in [0.29, 0.717) is 29.3 Å². The number of nitrogen functional groups attached to an aromatic ring is 1. The number of aryl methyl sites for hydroxylation is 1. The summed E-state index contributed by atoms with van der Waals surface area (Å²) >= 11 is 1.64. The molecule has 5 rings (SSSR count). The van der Waals surface area contributed by atoms with Crippen LogP contribution in [-0.4, -0.2) is 20.9 Å². The van der Waals surface area contributed by atoms with Gasteiger partial charge in [-0.3, -0.25) is 4.79 Å². The molecule has 180 valence electrons. The zero-order valence-electron chi connectivity index (χ0n) is 19.5. The summed E-state index contributed by atoms with van der Waals surface area (Å²) in [5.41, 5.74) is 9.78. The standard InChI is InChI=1S/C27H23FN6OS/c1-16-9-17(11-19(28)10-16)13-32-27(35)21-3-2-8-30-26(21)31-14-20-5-7-24(36-20)18-4-6-23-22(12-18)25(29)34-15-33-23/h2-12,15H,13-14H2,1H3,(H,30,31)(H,32,35)(H2,29,33,34). The van der Waals surface area contributed by atoms with Crippen LogP contribution in [0.1, 0.15) is 26.4 Å². The highest BCUT2D eigenvalue weighted by atomic mass is 32.1. The van der Waals surface area contributed by atoms with Crippen molar-refractivity contribution in [1.82, 2.24) is 20.3 Å². The number of rotatable bonds is 7. The highest BCUT2D eigenvalue weighted by molar-refractivity contribution is 7.15. The summed E-state index contributed by atoms with van der Waals surface area (Å²) in [7, 11) is 0. The molecule has 7 nitrogen and oxygen atoms in total. The van der Waals surface area contributed by atoms with E-state index >= 15 is 0 Å². The summed E-state index contributed by atoms with van der Waals surface area (Å²) in [6, 6.07) is 18.2. The van der Waals surface area contributed by atoms with Crippen LogP contribution in [0, 0.1) is 12.7 Å². The molecule has 5 aromatic rings. The molecule has 0 saturated heterocycles. The third kappa shape index (κ3) is 5.16. The van der Waals surface area contributed by atoms with Gasteiger partial charge in [0.15, 0.2) is 0 Å². The van der Waals surface area contributed by atoms with Gasteiger partial charge in [0.2, 0.25) is 0 Å². The van der Waals surface area contributed by atoms with Crippen LogP contribution in [0.25, 0.3) is 21.3 Å². The Labute approximate surface area is 211 Å². The molecule has 3 aromatic heterocycles. The molecule has 0 aliphatic heterocycles. The van der Waals surface area contributed by atoms with Gasteiger partial charge in [-0.15, -0.1) is 11.3 Å². The van der Waals surface area contributed by atoms with Crippen molar-refractivity contribution < 1.29 is 9.18 Å². The second-order valence-electron chi connectivity index (χ2n) is 8.33. The Bertz CT molecular complexity index is 1550. The minimum absolute atomic E-state index is 0.224. The van der Waals surface area contributed by atoms with Gasteiger partial charge in [-0.1, -0.05) is 12.1 Å². The Balaban J connectivity index is 1.27. The number of carbonyl (C=O) groups is 1. The van der Waals surface area contributed by atoms with Crippen molar-refractivity contribution in [2.45, 2.75) is 20.0 Å². The van der Waals surface area contributed by atoms with Crippen LogP contribution in [0.4, 0.5) is 16.0 Å². The Kier molecular flexibility index (Phi) is 6.55. The summed E-state index contributed by atoms with van der Waals surface area (Å²) in [6.45, 7) is 2.54. The molecule has 36 heavy (non-hydrogen) atoms. The molecule has 2 aromatic carbocycles. The predicted molar refractivity (Wildman–Crippen MR) is 141 cm³/mol. The monoisotopic (exact) mass is 498 g/mol. The van der Waals surface area contributed by atoms with Gasteiger partial charge in [0.25, 0.3) is 5.91 Å². The van der Waals surface area contributed by atoms with E-state index in [1.54, 1.807) is 29.7 Å². The lowest BCUT2D eigenvalue weighted by molar-refractivity contribution is 0.0951. The summed E-state index contributed by atoms with van der Waals surface area (Å²) in [5, 5.41) is 6.94. The molecule has 9 heteroatoms. The lowest BCUT2D eigenvalue weighted by atomic mass is 10.1. The second kappa shape index (κ2) is 10.1. The van der Waals surface area contributed by atoms with Crippen LogP contribution < -0.4 is 16.4 Å². The molecular weight excluding hydrogens is 475 g/mol. The van der Waals surface area contributed by atoms with Crippen LogP contribution in [0.15, 0.2) is 73.2 Å². The number of fused-ring (bicyclic) bond motifs is 1. The first-order chi connectivity index (χ1) is 17.5. The molecule has 4 N–H and O–H groups in total. The molecule has 0 radical (unpaired) electrons. The summed E-state index contributed by atoms with van der Waals surface area (Å²) in [5.74, 6) is 0.332. The molecule has 0 atom stereocenters. The topological polar surface area (TPSA) is 106 Å². The first-order valence-corrected chi connectivity index (χ1v) is 12.1. The van der Waals surface area contributed by atoms with Crippen molar-refractivity contribution in [2.24, 2.45) is 0 Å². The van der Waals surface area contributed by atoms with E-state index in [1.807, 2.05) is 37.3 Å². The van der Waals surface area contributed by atoms with E-state index in [0.717, 1.165) is 31.8 Å². The van der Waals surface area contributed by atoms with Crippen LogP contribution in [0.5, 0.6) is 0 Å². The molecular formula is C27H23FN6OS. The summed E-state index contributed by atoms with van der Waals surface area (Å²) in [6.07, 6.45) is 3.09. The number of hydrogen-bond donors (Lipinski definition) is 3. The molecule has 3 heterocycles. The fourth-order valence-electron chi connectivity index (χ4n) is 3.95. The van der Waals surface area contributed by atoms with Crippen molar-refractivity contribution in [3.63, 3.8) is 0 Å². The zero-order chi connectivity index (χ0) is 25.1. The molecule has 0 spiro atoms. The highest BCUT2D eigenvalue weighted by Crippen LogP contribution is 2.31. The van der Waals surface area contributed by atoms with E-state index in [1.165, 1.54) is 18.5 Å². The quantitative estimate of drug-likeness (QED) is 0.280. The van der Waals surface area contributed by atoms with E-state index < -0.39 is 0 Å². The maximum Gasteiger partial charge on any atom is 0.255 e. The molecule has 0 aliphatic carbocycles. The SMILES string of the molecule is Cc1cc(F)cc(CNC(=O)c2cccnc2NCc2ccc(-c3ccc4ncnc(N)c4c3)s2)c1. The lowest BCUT2D eigenvalue weighted by Gasteiger charge is -2.11. The van der Waals surface area contributed by atoms with Crippen molar-refractivity contribution in [3.8, 4) is 10.4 Å². The van der Waals surface area contributed by atoms with Gasteiger partial charge in [-0.05, 0) is 72.1 Å². The predicted octanol–water partition coefficient (Wildman–Crippen LogP) is 5.33. The van der Waals surface area contributed by atoms with Crippen molar-refractivity contribution >= 4 is 39.8 Å². The second-order valence-corrected chi connectivity index (χ2v) is 9.50. The molecule has 0 saturated carbocycles. The number of thiophene rings is 1. The van der Waals surface area contributed by atoms with Gasteiger partial charge in [0.05, 0.1) is 17.6 Å². The van der Waals surface area contributed by atoms with Crippen molar-refractivity contribution in [3.05, 3.63) is 101 Å². The van der Waals surface area contributed by atoms with Crippen molar-refractivity contribution in [1.29, 1.82) is 0 Å². The average Bonchev–Trinajstić information content (AvgIpc) is 3.35. The number of nitrogens with one attached hydrogen (secondary N) is 2. The van der Waals surface area contributed by atoms with Crippen LogP contribution in [0.3, 0.4) is 0 Å². The molecule has 0 aliphatic rings. The third-order valence-corrected chi connectivity index (χ3v) is 6.78. The van der Waals surface area contributed by atoms with Gasteiger partial charge < -0.3 is 16.4 Å². The molecule has 0 unspecified atom stereocenters. The average molecular weight is 499 g/mol. The number of hydrogen-bond acceptors (Lipinski definition) is 7. The number of pyridine rings is 1. The Morgan fingerprint density at radius 2 is 1.92 bits per heavy atom. The summed E-state index contributed by atoms with van der Waals surface area (Å²) < 4.78 is 13.7. The van der Waals surface area contributed by atoms with E-state index in [9.17, 15) is 9.18 Å². The van der Waals surface area contributed by atoms with Gasteiger partial charge in [-0.25, -0.2) is 19.3 Å². The smallest absolute Gasteiger partial charge is 0.255 e. The number of aromatic nitrogens is 3. The highest BCUT2D eigenvalue weighted by Gasteiger charge is 2.13. The van der Waals surface area contributed by atoms with Crippen LogP contribution in [0.2, 0.25) is 0 Å². The minimum atomic E-state index is -0.321. The lowest BCUT2D eigenvalue weighted by Crippen LogP contribution is -2.24. The Morgan fingerprint density at radius 3 is 2.78 bits per heavy atom. The number of anilines is 2. The first kappa shape index (κ1) is 23.4. The molecule has 1 amide bonds. The number of benzene rings is 2. The van der Waals surface area contributed by atoms with Crippen LogP contribution in [-0.2, 0) is 13.1 Å². The van der Waals surface area contributed by atoms with Gasteiger partial charge in [0, 0.05) is 27.9 Å². The van der Waals surface area contributed by atoms with E-state index in [4.69, 9.17) is 5.73 Å². The first-order valence-electron chi connectivity index (χ1n) is 11.3. The van der Waals surface area contributed by atoms with Gasteiger partial charge >= 0.3 is 0 Å². The number of nitrogens with two attached hydrogens (primary N) is 1. The number of halogens is 1. The van der Waals surface area contributed by atoms with E-state index in [2.05, 4.69) is 31.7 Å². The number of nitrogens with zero attached hydrogens (tertiary/aromatic N) is 3. The number of amides is 1. The van der Waals surface area contributed by atoms with Gasteiger partial charge in [-0.2, -0.15) is 0 Å². The van der Waals surface area contributed by atoms with Gasteiger partial charge in [0.1, 0.15) is 23.8 Å². The molecule has 0 fully saturated rings. The fraction of sp³-hybridized carbons (Fsp3) is 0.111. The molecule has 0 bridgehead atoms. The maximum atomic E-state index is 13.7. The fourth-order valence-corrected chi connectivity index (χ4v) is 4.89. The third-order valence-electron chi connectivity index (χ3n) is 5.65. The minimum Gasteiger partial charge on any atom is -0.383 e. The number of carbonyl (C=O) groups excluding carboxylic acids is 1. The maximum absolute atomic E-state index is 13.7. The normalized spacial score (nSPS) is 10.9.